The normalized spacial score (nSPS) is 14.4. The van der Waals surface area contributed by atoms with Crippen molar-refractivity contribution < 1.29 is 32.9 Å². The van der Waals surface area contributed by atoms with Crippen LogP contribution in [0.2, 0.25) is 0 Å². The first-order chi connectivity index (χ1) is 29.5. The average Bonchev–Trinajstić information content (AvgIpc) is 3.21. The Balaban J connectivity index is 4.36. The van der Waals surface area contributed by atoms with Crippen LogP contribution < -0.4 is 10.2 Å². The van der Waals surface area contributed by atoms with Gasteiger partial charge in [0, 0.05) is 6.42 Å². The zero-order valence-electron chi connectivity index (χ0n) is 40.9. The van der Waals surface area contributed by atoms with Crippen LogP contribution in [0.15, 0.2) is 36.5 Å². The number of carbonyl (C=O) groups excluding carboxylic acids is 1. The van der Waals surface area contributed by atoms with Gasteiger partial charge in [-0.05, 0) is 44.9 Å². The molecule has 0 heterocycles. The Morgan fingerprint density at radius 1 is 0.557 bits per heavy atom. The van der Waals surface area contributed by atoms with E-state index < -0.39 is 26.6 Å². The maximum Gasteiger partial charge on any atom is 0.268 e. The standard InChI is InChI=1S/C52H101N2O6P/c1-6-8-10-12-14-16-18-20-22-24-25-26-27-28-29-30-31-33-35-37-39-41-43-45-51(55)50(49-60-61(57,58)59-48-47-54(3,4)5)53-52(56)46-44-42-40-38-36-34-32-23-21-19-17-15-13-11-9-7-2/h29-30,35,37,43,45,50-51,55H,6-28,31-34,36,38-42,44,46-49H2,1-5H3,(H-,53,56,57,58)/b30-29+,37-35+,45-43+. The molecule has 0 saturated heterocycles. The van der Waals surface area contributed by atoms with E-state index in [1.54, 1.807) is 6.08 Å². The quantitative estimate of drug-likeness (QED) is 0.0273. The molecule has 0 radical (unpaired) electrons. The van der Waals surface area contributed by atoms with Crippen LogP contribution in [-0.2, 0) is 18.4 Å². The van der Waals surface area contributed by atoms with Gasteiger partial charge in [-0.15, -0.1) is 0 Å². The van der Waals surface area contributed by atoms with Gasteiger partial charge in [0.05, 0.1) is 39.9 Å². The van der Waals surface area contributed by atoms with Gasteiger partial charge in [-0.25, -0.2) is 0 Å². The predicted octanol–water partition coefficient (Wildman–Crippen LogP) is 14.4. The Kier molecular flexibility index (Phi) is 43.0. The number of unbranched alkanes of at least 4 members (excludes halogenated alkanes) is 30. The Hall–Kier alpha value is -1.28. The Bertz CT molecular complexity index is 1090. The van der Waals surface area contributed by atoms with E-state index in [0.29, 0.717) is 17.4 Å². The summed E-state index contributed by atoms with van der Waals surface area (Å²) >= 11 is 0. The van der Waals surface area contributed by atoms with E-state index in [2.05, 4.69) is 43.5 Å². The number of phosphoric ester groups is 1. The van der Waals surface area contributed by atoms with Crippen molar-refractivity contribution in [2.24, 2.45) is 0 Å². The molecule has 0 aliphatic rings. The van der Waals surface area contributed by atoms with E-state index in [9.17, 15) is 19.4 Å². The third-order valence-electron chi connectivity index (χ3n) is 11.6. The highest BCUT2D eigenvalue weighted by atomic mass is 31.2. The molecule has 61 heavy (non-hydrogen) atoms. The monoisotopic (exact) mass is 881 g/mol. The predicted molar refractivity (Wildman–Crippen MR) is 261 cm³/mol. The molecule has 1 amide bonds. The van der Waals surface area contributed by atoms with Crippen LogP contribution >= 0.6 is 7.82 Å². The molecule has 0 fully saturated rings. The SMILES string of the molecule is CCCCCCCCCCCCCCC/C=C/CC/C=C/CC/C=C/C(O)C(COP(=O)([O-])OCC[N+](C)(C)C)NC(=O)CCCCCCCCCCCCCCCCCC. The van der Waals surface area contributed by atoms with Gasteiger partial charge in [-0.1, -0.05) is 224 Å². The number of allylic oxidation sites excluding steroid dienone is 5. The molecule has 3 atom stereocenters. The fourth-order valence-electron chi connectivity index (χ4n) is 7.48. The largest absolute Gasteiger partial charge is 0.756 e. The summed E-state index contributed by atoms with van der Waals surface area (Å²) in [4.78, 5) is 25.4. The van der Waals surface area contributed by atoms with Gasteiger partial charge in [-0.2, -0.15) is 0 Å². The molecule has 0 bridgehead atoms. The lowest BCUT2D eigenvalue weighted by atomic mass is 10.0. The Labute approximate surface area is 378 Å². The number of nitrogens with zero attached hydrogens (tertiary/aromatic N) is 1. The third-order valence-corrected chi connectivity index (χ3v) is 12.5. The smallest absolute Gasteiger partial charge is 0.268 e. The molecular formula is C52H101N2O6P. The number of hydrogen-bond acceptors (Lipinski definition) is 6. The lowest BCUT2D eigenvalue weighted by Crippen LogP contribution is -2.45. The van der Waals surface area contributed by atoms with Crippen molar-refractivity contribution >= 4 is 13.7 Å². The number of carbonyl (C=O) groups is 1. The second kappa shape index (κ2) is 43.9. The zero-order chi connectivity index (χ0) is 45.0. The van der Waals surface area contributed by atoms with E-state index in [0.717, 1.165) is 44.9 Å². The van der Waals surface area contributed by atoms with Crippen molar-refractivity contribution in [1.82, 2.24) is 5.32 Å². The summed E-state index contributed by atoms with van der Waals surface area (Å²) < 4.78 is 23.3. The number of phosphoric acid groups is 1. The number of hydrogen-bond donors (Lipinski definition) is 2. The van der Waals surface area contributed by atoms with Gasteiger partial charge in [0.1, 0.15) is 13.2 Å². The van der Waals surface area contributed by atoms with E-state index in [1.165, 1.54) is 173 Å². The first-order valence-electron chi connectivity index (χ1n) is 25.9. The summed E-state index contributed by atoms with van der Waals surface area (Å²) in [5, 5.41) is 13.8. The summed E-state index contributed by atoms with van der Waals surface area (Å²) in [6.07, 6.45) is 54.9. The van der Waals surface area contributed by atoms with Gasteiger partial charge >= 0.3 is 0 Å². The summed E-state index contributed by atoms with van der Waals surface area (Å²) in [5.41, 5.74) is 0. The van der Waals surface area contributed by atoms with Crippen molar-refractivity contribution in [2.45, 2.75) is 251 Å². The van der Waals surface area contributed by atoms with Crippen LogP contribution in [0.3, 0.4) is 0 Å². The van der Waals surface area contributed by atoms with Crippen LogP contribution in [0.5, 0.6) is 0 Å². The molecule has 0 spiro atoms. The average molecular weight is 881 g/mol. The molecule has 0 aliphatic carbocycles. The van der Waals surface area contributed by atoms with Gasteiger partial charge in [0.25, 0.3) is 7.82 Å². The van der Waals surface area contributed by atoms with E-state index in [1.807, 2.05) is 27.2 Å². The number of aliphatic hydroxyl groups is 1. The molecule has 0 rings (SSSR count). The highest BCUT2D eigenvalue weighted by Gasteiger charge is 2.23. The van der Waals surface area contributed by atoms with E-state index >= 15 is 0 Å². The molecule has 3 unspecified atom stereocenters. The number of amides is 1. The van der Waals surface area contributed by atoms with Gasteiger partial charge in [0.15, 0.2) is 0 Å². The minimum absolute atomic E-state index is 0.00761. The van der Waals surface area contributed by atoms with E-state index in [4.69, 9.17) is 9.05 Å². The second-order valence-corrected chi connectivity index (χ2v) is 20.3. The Morgan fingerprint density at radius 2 is 0.918 bits per heavy atom. The fourth-order valence-corrected chi connectivity index (χ4v) is 8.20. The number of likely N-dealkylation sites (N-methyl/N-ethyl adjacent to an activating group) is 1. The fraction of sp³-hybridized carbons (Fsp3) is 0.865. The molecule has 360 valence electrons. The molecule has 2 N–H and O–H groups in total. The maximum absolute atomic E-state index is 12.9. The molecule has 0 aromatic carbocycles. The van der Waals surface area contributed by atoms with Crippen LogP contribution in [-0.4, -0.2) is 68.5 Å². The zero-order valence-corrected chi connectivity index (χ0v) is 41.8. The molecule has 0 aromatic heterocycles. The third kappa shape index (κ3) is 46.5. The van der Waals surface area contributed by atoms with Gasteiger partial charge in [0.2, 0.25) is 5.91 Å². The summed E-state index contributed by atoms with van der Waals surface area (Å²) in [6.45, 7) is 4.64. The molecule has 0 saturated carbocycles. The van der Waals surface area contributed by atoms with Crippen molar-refractivity contribution in [3.05, 3.63) is 36.5 Å². The first-order valence-corrected chi connectivity index (χ1v) is 27.3. The molecule has 8 nitrogen and oxygen atoms in total. The van der Waals surface area contributed by atoms with Crippen molar-refractivity contribution in [3.8, 4) is 0 Å². The minimum atomic E-state index is -4.60. The molecular weight excluding hydrogens is 780 g/mol. The van der Waals surface area contributed by atoms with Crippen LogP contribution in [0.4, 0.5) is 0 Å². The summed E-state index contributed by atoms with van der Waals surface area (Å²) in [7, 11) is 1.24. The number of rotatable bonds is 47. The second-order valence-electron chi connectivity index (χ2n) is 18.9. The molecule has 0 aromatic rings. The number of aliphatic hydroxyl groups excluding tert-OH is 1. The molecule has 9 heteroatoms. The summed E-state index contributed by atoms with van der Waals surface area (Å²) in [6, 6.07) is -0.906. The summed E-state index contributed by atoms with van der Waals surface area (Å²) in [5.74, 6) is -0.209. The van der Waals surface area contributed by atoms with Crippen molar-refractivity contribution in [3.63, 3.8) is 0 Å². The Morgan fingerprint density at radius 3 is 1.33 bits per heavy atom. The number of quaternary nitrogens is 1. The highest BCUT2D eigenvalue weighted by Crippen LogP contribution is 2.38. The lowest BCUT2D eigenvalue weighted by molar-refractivity contribution is -0.870. The number of nitrogens with one attached hydrogen (secondary N) is 1. The van der Waals surface area contributed by atoms with Crippen LogP contribution in [0.1, 0.15) is 239 Å². The van der Waals surface area contributed by atoms with Crippen LogP contribution in [0, 0.1) is 0 Å². The highest BCUT2D eigenvalue weighted by molar-refractivity contribution is 7.45. The maximum atomic E-state index is 12.9. The molecule has 0 aliphatic heterocycles. The van der Waals surface area contributed by atoms with E-state index in [-0.39, 0.29) is 12.5 Å². The minimum Gasteiger partial charge on any atom is -0.756 e. The van der Waals surface area contributed by atoms with Crippen LogP contribution in [0.25, 0.3) is 0 Å². The van der Waals surface area contributed by atoms with Gasteiger partial charge < -0.3 is 28.8 Å². The van der Waals surface area contributed by atoms with Gasteiger partial charge in [-0.3, -0.25) is 9.36 Å². The topological polar surface area (TPSA) is 108 Å². The van der Waals surface area contributed by atoms with Crippen molar-refractivity contribution in [1.29, 1.82) is 0 Å². The first kappa shape index (κ1) is 59.7. The van der Waals surface area contributed by atoms with Crippen molar-refractivity contribution in [2.75, 3.05) is 40.9 Å². The lowest BCUT2D eigenvalue weighted by Gasteiger charge is -2.29.